The molecule has 1 aliphatic rings. The van der Waals surface area contributed by atoms with Crippen LogP contribution in [0.3, 0.4) is 0 Å². The van der Waals surface area contributed by atoms with E-state index in [4.69, 9.17) is 4.42 Å². The van der Waals surface area contributed by atoms with Crippen molar-refractivity contribution in [1.29, 1.82) is 0 Å². The van der Waals surface area contributed by atoms with E-state index in [-0.39, 0.29) is 23.2 Å². The highest BCUT2D eigenvalue weighted by atomic mass is 19.4. The monoisotopic (exact) mass is 365 g/mol. The van der Waals surface area contributed by atoms with Crippen LogP contribution >= 0.6 is 0 Å². The van der Waals surface area contributed by atoms with Crippen LogP contribution < -0.4 is 5.32 Å². The SMILES string of the molecule is O=C(Nc1ccc2oc(C(F)(F)F)nc2c1)N1CCC[C@@H]1c1ccco1. The highest BCUT2D eigenvalue weighted by Gasteiger charge is 2.37. The molecule has 1 aliphatic heterocycles. The molecule has 9 heteroatoms. The van der Waals surface area contributed by atoms with Gasteiger partial charge in [0.2, 0.25) is 0 Å². The maximum absolute atomic E-state index is 12.7. The van der Waals surface area contributed by atoms with E-state index in [9.17, 15) is 18.0 Å². The number of urea groups is 1. The highest BCUT2D eigenvalue weighted by Crippen LogP contribution is 2.34. The van der Waals surface area contributed by atoms with Gasteiger partial charge in [-0.05, 0) is 43.2 Å². The van der Waals surface area contributed by atoms with Gasteiger partial charge >= 0.3 is 18.1 Å². The number of anilines is 1. The fraction of sp³-hybridized carbons (Fsp3) is 0.294. The fourth-order valence-corrected chi connectivity index (χ4v) is 3.11. The number of fused-ring (bicyclic) bond motifs is 1. The molecule has 0 unspecified atom stereocenters. The van der Waals surface area contributed by atoms with Crippen LogP contribution in [0.4, 0.5) is 23.7 Å². The molecule has 2 amide bonds. The number of halogens is 3. The number of furan rings is 1. The molecule has 1 N–H and O–H groups in total. The van der Waals surface area contributed by atoms with Crippen molar-refractivity contribution in [3.05, 3.63) is 48.2 Å². The number of alkyl halides is 3. The molecule has 136 valence electrons. The van der Waals surface area contributed by atoms with E-state index in [0.29, 0.717) is 18.0 Å². The molecule has 0 radical (unpaired) electrons. The molecule has 0 aliphatic carbocycles. The third-order valence-corrected chi connectivity index (χ3v) is 4.27. The Hall–Kier alpha value is -2.97. The van der Waals surface area contributed by atoms with E-state index in [1.165, 1.54) is 18.2 Å². The molecule has 1 fully saturated rings. The highest BCUT2D eigenvalue weighted by molar-refractivity contribution is 5.92. The number of oxazole rings is 1. The van der Waals surface area contributed by atoms with Crippen LogP contribution in [0.15, 0.2) is 45.4 Å². The second-order valence-electron chi connectivity index (χ2n) is 6.00. The van der Waals surface area contributed by atoms with Crippen LogP contribution in [0, 0.1) is 0 Å². The Morgan fingerprint density at radius 3 is 2.88 bits per heavy atom. The molecule has 1 atom stereocenters. The summed E-state index contributed by atoms with van der Waals surface area (Å²) in [6.45, 7) is 0.571. The van der Waals surface area contributed by atoms with Crippen molar-refractivity contribution in [1.82, 2.24) is 9.88 Å². The first-order valence-corrected chi connectivity index (χ1v) is 8.00. The van der Waals surface area contributed by atoms with Crippen molar-refractivity contribution < 1.29 is 26.8 Å². The minimum Gasteiger partial charge on any atom is -0.467 e. The van der Waals surface area contributed by atoms with E-state index in [2.05, 4.69) is 14.7 Å². The molecule has 0 spiro atoms. The summed E-state index contributed by atoms with van der Waals surface area (Å²) in [6, 6.07) is 7.26. The van der Waals surface area contributed by atoms with Crippen molar-refractivity contribution in [2.75, 3.05) is 11.9 Å². The molecule has 1 aromatic carbocycles. The van der Waals surface area contributed by atoms with Crippen molar-refractivity contribution >= 4 is 22.8 Å². The number of nitrogens with zero attached hydrogens (tertiary/aromatic N) is 2. The summed E-state index contributed by atoms with van der Waals surface area (Å²) < 4.78 is 48.1. The van der Waals surface area contributed by atoms with E-state index in [0.717, 1.165) is 12.8 Å². The summed E-state index contributed by atoms with van der Waals surface area (Å²) in [6.07, 6.45) is -1.47. The van der Waals surface area contributed by atoms with Gasteiger partial charge in [0.15, 0.2) is 5.58 Å². The van der Waals surface area contributed by atoms with Gasteiger partial charge < -0.3 is 19.1 Å². The van der Waals surface area contributed by atoms with Crippen LogP contribution in [0.25, 0.3) is 11.1 Å². The van der Waals surface area contributed by atoms with Gasteiger partial charge in [0.05, 0.1) is 12.3 Å². The molecule has 1 saturated heterocycles. The lowest BCUT2D eigenvalue weighted by atomic mass is 10.2. The molecule has 0 saturated carbocycles. The Morgan fingerprint density at radius 2 is 2.15 bits per heavy atom. The lowest BCUT2D eigenvalue weighted by Gasteiger charge is -2.23. The number of hydrogen-bond acceptors (Lipinski definition) is 4. The molecular formula is C17H14F3N3O3. The lowest BCUT2D eigenvalue weighted by Crippen LogP contribution is -2.34. The van der Waals surface area contributed by atoms with Gasteiger partial charge in [-0.15, -0.1) is 0 Å². The molecule has 26 heavy (non-hydrogen) atoms. The third-order valence-electron chi connectivity index (χ3n) is 4.27. The molecule has 3 aromatic rings. The second kappa shape index (κ2) is 6.08. The Kier molecular flexibility index (Phi) is 3.86. The van der Waals surface area contributed by atoms with Crippen molar-refractivity contribution in [2.24, 2.45) is 0 Å². The average Bonchev–Trinajstić information content (AvgIpc) is 3.32. The van der Waals surface area contributed by atoms with Gasteiger partial charge in [0, 0.05) is 12.2 Å². The van der Waals surface area contributed by atoms with Gasteiger partial charge in [-0.25, -0.2) is 9.78 Å². The molecule has 2 aromatic heterocycles. The van der Waals surface area contributed by atoms with Gasteiger partial charge in [-0.3, -0.25) is 0 Å². The number of amides is 2. The molecule has 4 rings (SSSR count). The lowest BCUT2D eigenvalue weighted by molar-refractivity contribution is -0.156. The van der Waals surface area contributed by atoms with E-state index in [1.807, 2.05) is 6.07 Å². The summed E-state index contributed by atoms with van der Waals surface area (Å²) in [5.74, 6) is -0.604. The first kappa shape index (κ1) is 16.5. The maximum atomic E-state index is 12.7. The number of hydrogen-bond donors (Lipinski definition) is 1. The first-order valence-electron chi connectivity index (χ1n) is 8.00. The molecular weight excluding hydrogens is 351 g/mol. The van der Waals surface area contributed by atoms with Crippen LogP contribution in [0.2, 0.25) is 0 Å². The quantitative estimate of drug-likeness (QED) is 0.707. The zero-order valence-corrected chi connectivity index (χ0v) is 13.4. The Bertz CT molecular complexity index is 934. The standard InChI is InChI=1S/C17H14F3N3O3/c18-17(19,20)15-22-11-9-10(5-6-13(11)26-15)21-16(24)23-7-1-3-12(23)14-4-2-8-25-14/h2,4-6,8-9,12H,1,3,7H2,(H,21,24)/t12-/m1/s1. The van der Waals surface area contributed by atoms with Crippen molar-refractivity contribution in [3.8, 4) is 0 Å². The fourth-order valence-electron chi connectivity index (χ4n) is 3.11. The number of aromatic nitrogens is 1. The smallest absolute Gasteiger partial charge is 0.467 e. The topological polar surface area (TPSA) is 71.5 Å². The number of nitrogens with one attached hydrogen (secondary N) is 1. The Morgan fingerprint density at radius 1 is 1.31 bits per heavy atom. The minimum atomic E-state index is -4.66. The van der Waals surface area contributed by atoms with Crippen molar-refractivity contribution in [3.63, 3.8) is 0 Å². The summed E-state index contributed by atoms with van der Waals surface area (Å²) in [5.41, 5.74) is 0.374. The molecule has 6 nitrogen and oxygen atoms in total. The van der Waals surface area contributed by atoms with Crippen LogP contribution in [0.1, 0.15) is 30.5 Å². The maximum Gasteiger partial charge on any atom is 0.468 e. The predicted molar refractivity (Wildman–Crippen MR) is 85.4 cm³/mol. The van der Waals surface area contributed by atoms with Crippen LogP contribution in [-0.4, -0.2) is 22.5 Å². The summed E-state index contributed by atoms with van der Waals surface area (Å²) in [4.78, 5) is 17.6. The number of benzene rings is 1. The number of carbonyl (C=O) groups is 1. The van der Waals surface area contributed by atoms with Crippen LogP contribution in [0.5, 0.6) is 0 Å². The van der Waals surface area contributed by atoms with Crippen LogP contribution in [-0.2, 0) is 6.18 Å². The zero-order chi connectivity index (χ0) is 18.3. The molecule has 0 bridgehead atoms. The number of carbonyl (C=O) groups excluding carboxylic acids is 1. The van der Waals surface area contributed by atoms with E-state index in [1.54, 1.807) is 17.2 Å². The normalized spacial score (nSPS) is 17.8. The summed E-state index contributed by atoms with van der Waals surface area (Å²) in [7, 11) is 0. The predicted octanol–water partition coefficient (Wildman–Crippen LogP) is 4.81. The number of likely N-dealkylation sites (tertiary alicyclic amines) is 1. The Labute approximate surface area is 145 Å². The van der Waals surface area contributed by atoms with Gasteiger partial charge in [-0.2, -0.15) is 13.2 Å². The largest absolute Gasteiger partial charge is 0.468 e. The average molecular weight is 365 g/mol. The van der Waals surface area contributed by atoms with E-state index < -0.39 is 12.1 Å². The summed E-state index contributed by atoms with van der Waals surface area (Å²) >= 11 is 0. The minimum absolute atomic E-state index is 0.00459. The zero-order valence-electron chi connectivity index (χ0n) is 13.4. The van der Waals surface area contributed by atoms with Crippen molar-refractivity contribution in [2.45, 2.75) is 25.1 Å². The van der Waals surface area contributed by atoms with Gasteiger partial charge in [0.1, 0.15) is 11.3 Å². The van der Waals surface area contributed by atoms with Gasteiger partial charge in [-0.1, -0.05) is 0 Å². The second-order valence-corrected chi connectivity index (χ2v) is 6.00. The molecule has 3 heterocycles. The van der Waals surface area contributed by atoms with E-state index >= 15 is 0 Å². The third kappa shape index (κ3) is 3.00. The summed E-state index contributed by atoms with van der Waals surface area (Å²) in [5, 5.41) is 2.70. The number of rotatable bonds is 2. The Balaban J connectivity index is 1.54. The van der Waals surface area contributed by atoms with Gasteiger partial charge in [0.25, 0.3) is 0 Å². The first-order chi connectivity index (χ1) is 12.4.